The minimum Gasteiger partial charge on any atom is -0.459 e. The summed E-state index contributed by atoms with van der Waals surface area (Å²) >= 11 is 0. The van der Waals surface area contributed by atoms with Gasteiger partial charge in [-0.1, -0.05) is 72.8 Å². The number of rotatable bonds is 5. The van der Waals surface area contributed by atoms with Crippen molar-refractivity contribution in [3.63, 3.8) is 0 Å². The van der Waals surface area contributed by atoms with Gasteiger partial charge in [-0.25, -0.2) is 9.78 Å². The van der Waals surface area contributed by atoms with Gasteiger partial charge in [-0.15, -0.1) is 0 Å². The topological polar surface area (TPSA) is 61.2 Å². The fourth-order valence-corrected chi connectivity index (χ4v) is 3.25. The highest BCUT2D eigenvalue weighted by atomic mass is 16.5. The lowest BCUT2D eigenvalue weighted by Gasteiger charge is -2.19. The van der Waals surface area contributed by atoms with E-state index in [4.69, 9.17) is 4.74 Å². The largest absolute Gasteiger partial charge is 0.459 e. The van der Waals surface area contributed by atoms with Crippen molar-refractivity contribution in [1.82, 2.24) is 9.55 Å². The van der Waals surface area contributed by atoms with Crippen LogP contribution in [-0.4, -0.2) is 15.5 Å². The normalized spacial score (nSPS) is 11.9. The molecule has 0 saturated heterocycles. The molecule has 0 saturated carbocycles. The van der Waals surface area contributed by atoms with Gasteiger partial charge in [-0.2, -0.15) is 0 Å². The van der Waals surface area contributed by atoms with Crippen molar-refractivity contribution in [2.45, 2.75) is 19.6 Å². The van der Waals surface area contributed by atoms with Crippen LogP contribution in [0.1, 0.15) is 18.5 Å². The summed E-state index contributed by atoms with van der Waals surface area (Å²) in [5, 5.41) is 0.467. The summed E-state index contributed by atoms with van der Waals surface area (Å²) in [5.41, 5.74) is 1.98. The molecule has 0 fully saturated rings. The van der Waals surface area contributed by atoms with Gasteiger partial charge in [-0.3, -0.25) is 9.36 Å². The van der Waals surface area contributed by atoms with E-state index in [-0.39, 0.29) is 12.2 Å². The lowest BCUT2D eigenvalue weighted by atomic mass is 10.1. The highest BCUT2D eigenvalue weighted by Crippen LogP contribution is 2.22. The quantitative estimate of drug-likeness (QED) is 0.480. The molecule has 0 aliphatic heterocycles. The first kappa shape index (κ1) is 18.6. The molecule has 1 unspecified atom stereocenters. The highest BCUT2D eigenvalue weighted by Gasteiger charge is 2.23. The molecule has 1 aromatic heterocycles. The average molecular weight is 384 g/mol. The van der Waals surface area contributed by atoms with E-state index >= 15 is 0 Å². The second kappa shape index (κ2) is 8.10. The van der Waals surface area contributed by atoms with Gasteiger partial charge >= 0.3 is 5.97 Å². The van der Waals surface area contributed by atoms with Crippen LogP contribution in [0, 0.1) is 0 Å². The Morgan fingerprint density at radius 3 is 2.28 bits per heavy atom. The Balaban J connectivity index is 1.76. The Bertz CT molecular complexity index is 1200. The number of esters is 1. The van der Waals surface area contributed by atoms with Crippen molar-refractivity contribution < 1.29 is 9.53 Å². The number of fused-ring (bicyclic) bond motifs is 1. The maximum absolute atomic E-state index is 13.3. The van der Waals surface area contributed by atoms with E-state index in [1.54, 1.807) is 25.1 Å². The van der Waals surface area contributed by atoms with E-state index in [0.717, 1.165) is 11.1 Å². The van der Waals surface area contributed by atoms with Gasteiger partial charge in [0.25, 0.3) is 5.56 Å². The fraction of sp³-hybridized carbons (Fsp3) is 0.125. The number of aromatic nitrogens is 2. The summed E-state index contributed by atoms with van der Waals surface area (Å²) in [6.07, 6.45) is 0. The van der Waals surface area contributed by atoms with Crippen LogP contribution in [0.15, 0.2) is 89.7 Å². The zero-order valence-electron chi connectivity index (χ0n) is 16.0. The number of nitrogens with zero attached hydrogens (tertiary/aromatic N) is 2. The summed E-state index contributed by atoms with van der Waals surface area (Å²) in [7, 11) is 0. The number of carbonyl (C=O) groups is 1. The number of carbonyl (C=O) groups excluding carboxylic acids is 1. The van der Waals surface area contributed by atoms with Crippen molar-refractivity contribution >= 4 is 16.9 Å². The summed E-state index contributed by atoms with van der Waals surface area (Å²) < 4.78 is 6.90. The standard InChI is InChI=1S/C24H20N2O3/c1-17(24(28)29-16-18-10-4-2-5-11-18)26-22(19-12-6-3-7-13-19)25-21-15-9-8-14-20(21)23(26)27/h2-15,17H,16H2,1H3. The summed E-state index contributed by atoms with van der Waals surface area (Å²) in [5.74, 6) is -0.0383. The maximum Gasteiger partial charge on any atom is 0.329 e. The molecule has 4 aromatic rings. The van der Waals surface area contributed by atoms with E-state index < -0.39 is 12.0 Å². The predicted octanol–water partition coefficient (Wildman–Crippen LogP) is 4.37. The molecule has 1 heterocycles. The number of hydrogen-bond acceptors (Lipinski definition) is 4. The van der Waals surface area contributed by atoms with Gasteiger partial charge in [0.15, 0.2) is 0 Å². The van der Waals surface area contributed by atoms with Crippen LogP contribution in [0.5, 0.6) is 0 Å². The number of hydrogen-bond donors (Lipinski definition) is 0. The number of para-hydroxylation sites is 1. The minimum absolute atomic E-state index is 0.153. The Labute approximate surface area is 168 Å². The number of ether oxygens (including phenoxy) is 1. The molecule has 1 atom stereocenters. The molecular weight excluding hydrogens is 364 g/mol. The molecule has 3 aromatic carbocycles. The minimum atomic E-state index is -0.821. The van der Waals surface area contributed by atoms with Crippen molar-refractivity contribution in [3.05, 3.63) is 101 Å². The third kappa shape index (κ3) is 3.80. The number of benzene rings is 3. The maximum atomic E-state index is 13.3. The highest BCUT2D eigenvalue weighted by molar-refractivity contribution is 5.81. The SMILES string of the molecule is CC(C(=O)OCc1ccccc1)n1c(-c2ccccc2)nc2ccccc2c1=O. The van der Waals surface area contributed by atoms with E-state index in [1.807, 2.05) is 66.7 Å². The van der Waals surface area contributed by atoms with Gasteiger partial charge < -0.3 is 4.74 Å². The smallest absolute Gasteiger partial charge is 0.329 e. The molecule has 5 heteroatoms. The van der Waals surface area contributed by atoms with E-state index in [9.17, 15) is 9.59 Å². The van der Waals surface area contributed by atoms with Crippen LogP contribution in [0.3, 0.4) is 0 Å². The van der Waals surface area contributed by atoms with Gasteiger partial charge in [-0.05, 0) is 24.6 Å². The zero-order valence-corrected chi connectivity index (χ0v) is 16.0. The molecular formula is C24H20N2O3. The molecule has 0 bridgehead atoms. The molecule has 0 N–H and O–H groups in total. The molecule has 5 nitrogen and oxygen atoms in total. The molecule has 4 rings (SSSR count). The van der Waals surface area contributed by atoms with Gasteiger partial charge in [0.2, 0.25) is 0 Å². The van der Waals surface area contributed by atoms with Gasteiger partial charge in [0.1, 0.15) is 18.5 Å². The van der Waals surface area contributed by atoms with E-state index in [0.29, 0.717) is 16.7 Å². The monoisotopic (exact) mass is 384 g/mol. The Hall–Kier alpha value is -3.73. The third-order valence-electron chi connectivity index (χ3n) is 4.79. The van der Waals surface area contributed by atoms with Crippen LogP contribution in [0.4, 0.5) is 0 Å². The molecule has 0 aliphatic rings. The molecule has 0 spiro atoms. The van der Waals surface area contributed by atoms with Crippen LogP contribution in [-0.2, 0) is 16.1 Å². The lowest BCUT2D eigenvalue weighted by Crippen LogP contribution is -2.31. The van der Waals surface area contributed by atoms with Crippen molar-refractivity contribution in [2.75, 3.05) is 0 Å². The first-order valence-corrected chi connectivity index (χ1v) is 9.42. The van der Waals surface area contributed by atoms with Crippen molar-refractivity contribution in [1.29, 1.82) is 0 Å². The van der Waals surface area contributed by atoms with Gasteiger partial charge in [0, 0.05) is 5.56 Å². The van der Waals surface area contributed by atoms with Crippen molar-refractivity contribution in [2.24, 2.45) is 0 Å². The van der Waals surface area contributed by atoms with Crippen molar-refractivity contribution in [3.8, 4) is 11.4 Å². The van der Waals surface area contributed by atoms with Crippen LogP contribution < -0.4 is 5.56 Å². The molecule has 0 amide bonds. The van der Waals surface area contributed by atoms with Crippen LogP contribution in [0.25, 0.3) is 22.3 Å². The lowest BCUT2D eigenvalue weighted by molar-refractivity contribution is -0.148. The summed E-state index contributed by atoms with van der Waals surface area (Å²) in [6.45, 7) is 1.82. The molecule has 29 heavy (non-hydrogen) atoms. The van der Waals surface area contributed by atoms with Crippen LogP contribution in [0.2, 0.25) is 0 Å². The average Bonchev–Trinajstić information content (AvgIpc) is 2.78. The Morgan fingerprint density at radius 1 is 0.931 bits per heavy atom. The first-order chi connectivity index (χ1) is 14.1. The second-order valence-corrected chi connectivity index (χ2v) is 6.76. The predicted molar refractivity (Wildman–Crippen MR) is 112 cm³/mol. The van der Waals surface area contributed by atoms with Gasteiger partial charge in [0.05, 0.1) is 10.9 Å². The summed E-state index contributed by atoms with van der Waals surface area (Å²) in [4.78, 5) is 30.7. The summed E-state index contributed by atoms with van der Waals surface area (Å²) in [6, 6.07) is 25.2. The first-order valence-electron chi connectivity index (χ1n) is 9.42. The molecule has 144 valence electrons. The Morgan fingerprint density at radius 2 is 1.55 bits per heavy atom. The van der Waals surface area contributed by atoms with E-state index in [1.165, 1.54) is 4.57 Å². The van der Waals surface area contributed by atoms with Crippen LogP contribution >= 0.6 is 0 Å². The fourth-order valence-electron chi connectivity index (χ4n) is 3.25. The third-order valence-corrected chi connectivity index (χ3v) is 4.79. The van der Waals surface area contributed by atoms with E-state index in [2.05, 4.69) is 4.98 Å². The Kier molecular flexibility index (Phi) is 5.20. The zero-order chi connectivity index (χ0) is 20.2. The second-order valence-electron chi connectivity index (χ2n) is 6.76. The molecule has 0 aliphatic carbocycles. The molecule has 0 radical (unpaired) electrons.